The van der Waals surface area contributed by atoms with Crippen LogP contribution in [0.1, 0.15) is 93.3 Å². The first-order valence-corrected chi connectivity index (χ1v) is 20.3. The Morgan fingerprint density at radius 3 is 2.18 bits per heavy atom. The van der Waals surface area contributed by atoms with Crippen molar-refractivity contribution in [2.45, 2.75) is 117 Å². The van der Waals surface area contributed by atoms with E-state index >= 15 is 0 Å². The van der Waals surface area contributed by atoms with E-state index in [9.17, 15) is 24.2 Å². The van der Waals surface area contributed by atoms with Gasteiger partial charge in [-0.15, -0.1) is 0 Å². The summed E-state index contributed by atoms with van der Waals surface area (Å²) in [6, 6.07) is 11.0. The molecule has 1 unspecified atom stereocenters. The molecule has 0 aliphatic carbocycles. The van der Waals surface area contributed by atoms with Gasteiger partial charge in [0.15, 0.2) is 18.0 Å². The van der Waals surface area contributed by atoms with Crippen LogP contribution in [-0.2, 0) is 53.4 Å². The second kappa shape index (κ2) is 18.1. The van der Waals surface area contributed by atoms with Crippen LogP contribution in [0.2, 0.25) is 0 Å². The first kappa shape index (κ1) is 44.2. The SMILES string of the molecule is CC(C)COC(=O)[C@H](C)NP(=O)(OC[C@H]1O[C@@](C#N)(c2ccc3c(N)ncnn23)[C@H](OC(=O)CC(C)C)[C@@H]1OC(=O)CC(C)C)Oc1ccc(C(C)(C)C)cc1. The molecule has 3 heterocycles. The first-order chi connectivity index (χ1) is 26.2. The Hall–Kier alpha value is -4.55. The maximum atomic E-state index is 14.7. The Morgan fingerprint density at radius 2 is 1.61 bits per heavy atom. The fourth-order valence-corrected chi connectivity index (χ4v) is 7.44. The number of nitrogens with zero attached hydrogens (tertiary/aromatic N) is 4. The summed E-state index contributed by atoms with van der Waals surface area (Å²) in [6.07, 6.45) is -3.28. The molecular weight excluding hydrogens is 743 g/mol. The number of anilines is 1. The third kappa shape index (κ3) is 10.8. The molecule has 16 nitrogen and oxygen atoms in total. The van der Waals surface area contributed by atoms with Gasteiger partial charge in [-0.3, -0.25) is 18.9 Å². The zero-order valence-corrected chi connectivity index (χ0v) is 34.7. The molecule has 306 valence electrons. The number of esters is 3. The van der Waals surface area contributed by atoms with Gasteiger partial charge in [-0.2, -0.15) is 15.4 Å². The molecule has 1 aliphatic heterocycles. The lowest BCUT2D eigenvalue weighted by Gasteiger charge is -2.29. The zero-order valence-electron chi connectivity index (χ0n) is 33.8. The Balaban J connectivity index is 1.79. The topological polar surface area (TPSA) is 216 Å². The van der Waals surface area contributed by atoms with Crippen molar-refractivity contribution in [2.75, 3.05) is 18.9 Å². The Labute approximate surface area is 328 Å². The lowest BCUT2D eigenvalue weighted by atomic mass is 9.87. The number of aromatic nitrogens is 3. The normalized spacial score (nSPS) is 21.5. The number of hydrogen-bond acceptors (Lipinski definition) is 14. The van der Waals surface area contributed by atoms with Gasteiger partial charge in [0.05, 0.1) is 18.9 Å². The largest absolute Gasteiger partial charge is 0.464 e. The van der Waals surface area contributed by atoms with Crippen molar-refractivity contribution in [3.05, 3.63) is 54.0 Å². The van der Waals surface area contributed by atoms with E-state index in [1.807, 2.05) is 74.4 Å². The monoisotopic (exact) mass is 798 g/mol. The average Bonchev–Trinajstić information content (AvgIpc) is 3.66. The van der Waals surface area contributed by atoms with Crippen molar-refractivity contribution in [3.8, 4) is 11.8 Å². The Kier molecular flexibility index (Phi) is 14.3. The number of carbonyl (C=O) groups excluding carboxylic acids is 3. The van der Waals surface area contributed by atoms with E-state index in [4.69, 9.17) is 33.7 Å². The molecule has 0 radical (unpaired) electrons. The van der Waals surface area contributed by atoms with Crippen molar-refractivity contribution in [2.24, 2.45) is 17.8 Å². The van der Waals surface area contributed by atoms with Gasteiger partial charge in [-0.25, -0.2) is 14.1 Å². The molecule has 3 N–H and O–H groups in total. The average molecular weight is 799 g/mol. The highest BCUT2D eigenvalue weighted by atomic mass is 31.2. The summed E-state index contributed by atoms with van der Waals surface area (Å²) in [7, 11) is -4.52. The van der Waals surface area contributed by atoms with Crippen LogP contribution in [0.4, 0.5) is 5.82 Å². The van der Waals surface area contributed by atoms with Crippen LogP contribution >= 0.6 is 7.75 Å². The van der Waals surface area contributed by atoms with E-state index in [1.54, 1.807) is 18.2 Å². The molecule has 0 amide bonds. The van der Waals surface area contributed by atoms with E-state index in [0.29, 0.717) is 5.52 Å². The lowest BCUT2D eigenvalue weighted by Crippen LogP contribution is -2.46. The van der Waals surface area contributed by atoms with Crippen LogP contribution in [0.25, 0.3) is 5.52 Å². The van der Waals surface area contributed by atoms with Gasteiger partial charge in [0.25, 0.3) is 0 Å². The highest BCUT2D eigenvalue weighted by Gasteiger charge is 2.63. The predicted molar refractivity (Wildman–Crippen MR) is 206 cm³/mol. The van der Waals surface area contributed by atoms with Gasteiger partial charge in [-0.1, -0.05) is 74.4 Å². The summed E-state index contributed by atoms with van der Waals surface area (Å²) in [6.45, 7) is 18.1. The number of ether oxygens (including phenoxy) is 4. The standard InChI is InChI=1S/C39H55N6O10P/c1-23(2)17-32(46)52-34-30(54-39(21-40,35(34)53-33(47)18-24(3)4)31-16-15-29-36(41)42-22-43-45(29)31)20-51-56(49,44-26(7)37(48)50-19-25(5)6)55-28-13-11-27(12-14-28)38(8,9)10/h11-16,22-26,30,34-35H,17-20H2,1-10H3,(H,44,49)(H2,41,42,43)/t26-,30+,34+,35+,39-,56?/m0/s1. The summed E-state index contributed by atoms with van der Waals surface area (Å²) in [4.78, 5) is 43.7. The van der Waals surface area contributed by atoms with Crippen molar-refractivity contribution < 1.29 is 46.9 Å². The fraction of sp³-hybridized carbons (Fsp3) is 0.590. The van der Waals surface area contributed by atoms with Gasteiger partial charge in [0, 0.05) is 12.8 Å². The number of hydrogen-bond donors (Lipinski definition) is 2. The zero-order chi connectivity index (χ0) is 41.6. The van der Waals surface area contributed by atoms with E-state index in [1.165, 1.54) is 23.8 Å². The van der Waals surface area contributed by atoms with Crippen molar-refractivity contribution in [1.29, 1.82) is 5.26 Å². The maximum absolute atomic E-state index is 14.7. The molecular formula is C39H55N6O10P. The number of carbonyl (C=O) groups is 3. The summed E-state index contributed by atoms with van der Waals surface area (Å²) in [5.41, 5.74) is 5.19. The van der Waals surface area contributed by atoms with Crippen LogP contribution in [0.5, 0.6) is 5.75 Å². The predicted octanol–water partition coefficient (Wildman–Crippen LogP) is 6.02. The molecule has 0 spiro atoms. The highest BCUT2D eigenvalue weighted by Crippen LogP contribution is 2.49. The van der Waals surface area contributed by atoms with Gasteiger partial charge in [0.1, 0.15) is 35.8 Å². The number of benzene rings is 1. The molecule has 0 bridgehead atoms. The quantitative estimate of drug-likeness (QED) is 0.0907. The maximum Gasteiger partial charge on any atom is 0.459 e. The van der Waals surface area contributed by atoms with E-state index in [2.05, 4.69) is 21.2 Å². The van der Waals surface area contributed by atoms with Crippen LogP contribution in [0.15, 0.2) is 42.7 Å². The van der Waals surface area contributed by atoms with Gasteiger partial charge in [-0.05, 0) is 59.9 Å². The van der Waals surface area contributed by atoms with E-state index < -0.39 is 62.2 Å². The summed E-state index contributed by atoms with van der Waals surface area (Å²) in [5, 5.41) is 17.9. The smallest absolute Gasteiger partial charge is 0.459 e. The van der Waals surface area contributed by atoms with Crippen LogP contribution in [0, 0.1) is 29.1 Å². The molecule has 0 saturated carbocycles. The second-order valence-electron chi connectivity index (χ2n) is 16.3. The Bertz CT molecular complexity index is 1940. The third-order valence-corrected chi connectivity index (χ3v) is 10.4. The molecule has 1 aliphatic rings. The lowest BCUT2D eigenvalue weighted by molar-refractivity contribution is -0.170. The van der Waals surface area contributed by atoms with Gasteiger partial charge in [0.2, 0.25) is 5.60 Å². The number of nitriles is 1. The fourth-order valence-electron chi connectivity index (χ4n) is 5.94. The first-order valence-electron chi connectivity index (χ1n) is 18.7. The van der Waals surface area contributed by atoms with Gasteiger partial charge < -0.3 is 29.2 Å². The molecule has 56 heavy (non-hydrogen) atoms. The molecule has 2 aromatic heterocycles. The van der Waals surface area contributed by atoms with Crippen molar-refractivity contribution in [1.82, 2.24) is 19.7 Å². The third-order valence-electron chi connectivity index (χ3n) is 8.73. The van der Waals surface area contributed by atoms with Crippen molar-refractivity contribution in [3.63, 3.8) is 0 Å². The summed E-state index contributed by atoms with van der Waals surface area (Å²) < 4.78 is 51.9. The molecule has 1 fully saturated rings. The number of nitrogens with two attached hydrogens (primary N) is 1. The number of nitrogens with one attached hydrogen (secondary N) is 1. The van der Waals surface area contributed by atoms with Gasteiger partial charge >= 0.3 is 25.7 Å². The summed E-state index contributed by atoms with van der Waals surface area (Å²) >= 11 is 0. The molecule has 17 heteroatoms. The number of rotatable bonds is 17. The minimum atomic E-state index is -4.52. The van der Waals surface area contributed by atoms with Crippen molar-refractivity contribution >= 4 is 37.0 Å². The minimum Gasteiger partial charge on any atom is -0.464 e. The van der Waals surface area contributed by atoms with E-state index in [-0.39, 0.29) is 59.9 Å². The Morgan fingerprint density at radius 1 is 0.982 bits per heavy atom. The second-order valence-corrected chi connectivity index (χ2v) is 18.0. The van der Waals surface area contributed by atoms with Crippen LogP contribution < -0.4 is 15.3 Å². The molecule has 3 aromatic rings. The molecule has 1 saturated heterocycles. The minimum absolute atomic E-state index is 0.0160. The number of fused-ring (bicyclic) bond motifs is 1. The molecule has 6 atom stereocenters. The molecule has 4 rings (SSSR count). The summed E-state index contributed by atoms with van der Waals surface area (Å²) in [5.74, 6) is -1.97. The van der Waals surface area contributed by atoms with E-state index in [0.717, 1.165) is 5.56 Å². The van der Waals surface area contributed by atoms with Crippen LogP contribution in [-0.4, -0.2) is 70.1 Å². The van der Waals surface area contributed by atoms with Crippen LogP contribution in [0.3, 0.4) is 0 Å². The molecule has 1 aromatic carbocycles. The highest BCUT2D eigenvalue weighted by molar-refractivity contribution is 7.52. The number of nitrogen functional groups attached to an aromatic ring is 1.